The van der Waals surface area contributed by atoms with Crippen molar-refractivity contribution in [3.63, 3.8) is 0 Å². The van der Waals surface area contributed by atoms with Gasteiger partial charge in [0.05, 0.1) is 23.5 Å². The molecular formula is C4H12N2O6. The second kappa shape index (κ2) is 6.22. The average molecular weight is 184 g/mol. The molecule has 0 aromatic rings. The second-order valence-corrected chi connectivity index (χ2v) is 2.04. The predicted octanol–water partition coefficient (Wildman–Crippen LogP) is -0.211. The molecule has 0 spiro atoms. The van der Waals surface area contributed by atoms with Crippen molar-refractivity contribution >= 4 is 0 Å². The standard InChI is InChI=1S/C4H12N2O6/c1-4(12-6(9)10)2-3-11-5(7)8/h4,7-10H,2-3H2,1H3. The summed E-state index contributed by atoms with van der Waals surface area (Å²) in [6.45, 7) is 1.52. The van der Waals surface area contributed by atoms with Crippen molar-refractivity contribution in [3.8, 4) is 0 Å². The number of rotatable bonds is 6. The Labute approximate surface area is 68.5 Å². The number of hydrogen-bond donors (Lipinski definition) is 4. The number of hydrogen-bond acceptors (Lipinski definition) is 8. The van der Waals surface area contributed by atoms with Crippen molar-refractivity contribution in [1.29, 1.82) is 0 Å². The predicted molar refractivity (Wildman–Crippen MR) is 31.9 cm³/mol. The Balaban J connectivity index is 3.25. The maximum absolute atomic E-state index is 8.15. The lowest BCUT2D eigenvalue weighted by atomic mass is 10.3. The lowest BCUT2D eigenvalue weighted by Gasteiger charge is -2.14. The molecule has 74 valence electrons. The van der Waals surface area contributed by atoms with E-state index in [1.54, 1.807) is 6.92 Å². The molecule has 0 saturated carbocycles. The first-order valence-corrected chi connectivity index (χ1v) is 3.18. The summed E-state index contributed by atoms with van der Waals surface area (Å²) in [5, 5.41) is 31.6. The first-order chi connectivity index (χ1) is 5.52. The first kappa shape index (κ1) is 11.7. The Morgan fingerprint density at radius 2 is 1.75 bits per heavy atom. The van der Waals surface area contributed by atoms with Crippen LogP contribution in [-0.4, -0.2) is 44.3 Å². The zero-order valence-corrected chi connectivity index (χ0v) is 6.49. The summed E-state index contributed by atoms with van der Waals surface area (Å²) >= 11 is 0. The maximum atomic E-state index is 8.15. The van der Waals surface area contributed by atoms with Crippen molar-refractivity contribution in [2.75, 3.05) is 6.61 Å². The Hall–Kier alpha value is -0.320. The van der Waals surface area contributed by atoms with Gasteiger partial charge in [0.15, 0.2) is 0 Å². The molecule has 0 saturated heterocycles. The molecule has 0 rings (SSSR count). The van der Waals surface area contributed by atoms with E-state index in [0.717, 1.165) is 0 Å². The van der Waals surface area contributed by atoms with Crippen molar-refractivity contribution in [2.24, 2.45) is 0 Å². The van der Waals surface area contributed by atoms with Gasteiger partial charge in [-0.1, -0.05) is 0 Å². The quantitative estimate of drug-likeness (QED) is 0.420. The van der Waals surface area contributed by atoms with Crippen LogP contribution in [0.15, 0.2) is 0 Å². The van der Waals surface area contributed by atoms with Crippen molar-refractivity contribution in [2.45, 2.75) is 19.4 Å². The van der Waals surface area contributed by atoms with Crippen molar-refractivity contribution < 1.29 is 30.5 Å². The Morgan fingerprint density at radius 3 is 2.17 bits per heavy atom. The molecule has 1 unspecified atom stereocenters. The van der Waals surface area contributed by atoms with E-state index in [4.69, 9.17) is 20.8 Å². The summed E-state index contributed by atoms with van der Waals surface area (Å²) in [6.07, 6.45) is -0.255. The van der Waals surface area contributed by atoms with Crippen LogP contribution in [0.3, 0.4) is 0 Å². The van der Waals surface area contributed by atoms with Gasteiger partial charge in [-0.05, 0) is 6.92 Å². The molecule has 0 bridgehead atoms. The number of nitrogens with zero attached hydrogens (tertiary/aromatic N) is 2. The zero-order valence-electron chi connectivity index (χ0n) is 6.49. The first-order valence-electron chi connectivity index (χ1n) is 3.18. The summed E-state index contributed by atoms with van der Waals surface area (Å²) in [7, 11) is 0. The Bertz CT molecular complexity index is 110. The highest BCUT2D eigenvalue weighted by Gasteiger charge is 2.06. The zero-order chi connectivity index (χ0) is 9.56. The van der Waals surface area contributed by atoms with Gasteiger partial charge < -0.3 is 0 Å². The van der Waals surface area contributed by atoms with Crippen LogP contribution in [0.1, 0.15) is 13.3 Å². The van der Waals surface area contributed by atoms with Crippen LogP contribution in [0.2, 0.25) is 0 Å². The Kier molecular flexibility index (Phi) is 6.06. The van der Waals surface area contributed by atoms with Gasteiger partial charge in [-0.2, -0.15) is 0 Å². The topological polar surface area (TPSA) is 106 Å². The van der Waals surface area contributed by atoms with Gasteiger partial charge in [0, 0.05) is 6.42 Å². The maximum Gasteiger partial charge on any atom is 0.0838 e. The molecule has 1 atom stereocenters. The van der Waals surface area contributed by atoms with Crippen molar-refractivity contribution in [1.82, 2.24) is 10.8 Å². The van der Waals surface area contributed by atoms with Crippen LogP contribution in [0.4, 0.5) is 0 Å². The molecule has 0 aromatic carbocycles. The second-order valence-electron chi connectivity index (χ2n) is 2.04. The minimum atomic E-state index is -0.514. The summed E-state index contributed by atoms with van der Waals surface area (Å²) in [4.78, 5) is 8.49. The van der Waals surface area contributed by atoms with Crippen LogP contribution in [0, 0.1) is 0 Å². The van der Waals surface area contributed by atoms with Crippen LogP contribution in [0.5, 0.6) is 0 Å². The Morgan fingerprint density at radius 1 is 1.17 bits per heavy atom. The van der Waals surface area contributed by atoms with Gasteiger partial charge >= 0.3 is 0 Å². The van der Waals surface area contributed by atoms with E-state index < -0.39 is 16.9 Å². The summed E-state index contributed by atoms with van der Waals surface area (Å²) < 4.78 is 0. The minimum Gasteiger partial charge on any atom is -0.266 e. The molecule has 4 N–H and O–H groups in total. The van der Waals surface area contributed by atoms with E-state index in [-0.39, 0.29) is 13.0 Å². The van der Waals surface area contributed by atoms with Gasteiger partial charge in [0.25, 0.3) is 0 Å². The third-order valence-corrected chi connectivity index (χ3v) is 1.01. The molecule has 0 fully saturated rings. The highest BCUT2D eigenvalue weighted by atomic mass is 17.1. The molecule has 0 aliphatic heterocycles. The molecule has 8 heteroatoms. The largest absolute Gasteiger partial charge is 0.266 e. The van der Waals surface area contributed by atoms with Gasteiger partial charge in [-0.3, -0.25) is 25.7 Å². The van der Waals surface area contributed by atoms with E-state index in [1.165, 1.54) is 0 Å². The third-order valence-electron chi connectivity index (χ3n) is 1.01. The van der Waals surface area contributed by atoms with Crippen LogP contribution in [0.25, 0.3) is 0 Å². The third kappa shape index (κ3) is 7.78. The fourth-order valence-corrected chi connectivity index (χ4v) is 0.514. The molecule has 0 amide bonds. The van der Waals surface area contributed by atoms with E-state index in [9.17, 15) is 0 Å². The van der Waals surface area contributed by atoms with E-state index in [1.807, 2.05) is 0 Å². The van der Waals surface area contributed by atoms with E-state index in [0.29, 0.717) is 0 Å². The highest BCUT2D eigenvalue weighted by molar-refractivity contribution is 4.44. The molecule has 0 aliphatic rings. The summed E-state index contributed by atoms with van der Waals surface area (Å²) in [6, 6.07) is 0. The van der Waals surface area contributed by atoms with Crippen LogP contribution >= 0.6 is 0 Å². The van der Waals surface area contributed by atoms with Gasteiger partial charge in [-0.15, -0.1) is 0 Å². The molecule has 0 radical (unpaired) electrons. The SMILES string of the molecule is CC(CCON(O)O)ON(O)O. The normalized spacial score (nSPS) is 14.2. The van der Waals surface area contributed by atoms with Gasteiger partial charge in [0.1, 0.15) is 0 Å². The molecule has 12 heavy (non-hydrogen) atoms. The van der Waals surface area contributed by atoms with E-state index >= 15 is 0 Å². The molecular weight excluding hydrogens is 172 g/mol. The fraction of sp³-hybridized carbons (Fsp3) is 1.00. The monoisotopic (exact) mass is 184 g/mol. The van der Waals surface area contributed by atoms with Crippen LogP contribution in [-0.2, 0) is 9.68 Å². The fourth-order valence-electron chi connectivity index (χ4n) is 0.514. The highest BCUT2D eigenvalue weighted by Crippen LogP contribution is 1.98. The average Bonchev–Trinajstić information content (AvgIpc) is 1.84. The molecule has 8 nitrogen and oxygen atoms in total. The smallest absolute Gasteiger partial charge is 0.0838 e. The minimum absolute atomic E-state index is 0.0258. The lowest BCUT2D eigenvalue weighted by Crippen LogP contribution is -2.24. The van der Waals surface area contributed by atoms with Gasteiger partial charge in [0.2, 0.25) is 0 Å². The summed E-state index contributed by atoms with van der Waals surface area (Å²) in [5.41, 5.74) is 0. The van der Waals surface area contributed by atoms with Crippen molar-refractivity contribution in [3.05, 3.63) is 0 Å². The molecule has 0 heterocycles. The molecule has 0 aromatic heterocycles. The van der Waals surface area contributed by atoms with E-state index in [2.05, 4.69) is 9.68 Å². The lowest BCUT2D eigenvalue weighted by molar-refractivity contribution is -0.509. The van der Waals surface area contributed by atoms with Gasteiger partial charge in [-0.25, -0.2) is 4.84 Å². The molecule has 0 aliphatic carbocycles. The van der Waals surface area contributed by atoms with Crippen LogP contribution < -0.4 is 0 Å². The summed E-state index contributed by atoms with van der Waals surface area (Å²) in [5.74, 6) is 0.